The third kappa shape index (κ3) is 3.60. The second kappa shape index (κ2) is 6.39. The van der Waals surface area contributed by atoms with Crippen LogP contribution in [0.25, 0.3) is 0 Å². The fourth-order valence-electron chi connectivity index (χ4n) is 3.83. The van der Waals surface area contributed by atoms with Crippen LogP contribution in [0.2, 0.25) is 0 Å². The van der Waals surface area contributed by atoms with Crippen LogP contribution in [0.15, 0.2) is 18.2 Å². The Morgan fingerprint density at radius 3 is 2.52 bits per heavy atom. The van der Waals surface area contributed by atoms with Gasteiger partial charge in [-0.2, -0.15) is 0 Å². The van der Waals surface area contributed by atoms with Gasteiger partial charge in [-0.15, -0.1) is 0 Å². The zero-order chi connectivity index (χ0) is 15.6. The van der Waals surface area contributed by atoms with Crippen LogP contribution >= 0.6 is 0 Å². The molecule has 2 rings (SSSR count). The SMILES string of the molecule is COc1ccc(C)cc1C1CC(C(C)(C)C)CCC1CN. The summed E-state index contributed by atoms with van der Waals surface area (Å²) in [7, 11) is 1.77. The van der Waals surface area contributed by atoms with Gasteiger partial charge in [0.15, 0.2) is 0 Å². The van der Waals surface area contributed by atoms with Crippen LogP contribution in [0.5, 0.6) is 5.75 Å². The molecule has 2 nitrogen and oxygen atoms in total. The molecule has 0 radical (unpaired) electrons. The van der Waals surface area contributed by atoms with Gasteiger partial charge in [-0.25, -0.2) is 0 Å². The fraction of sp³-hybridized carbons (Fsp3) is 0.684. The zero-order valence-corrected chi connectivity index (χ0v) is 14.3. The molecule has 0 bridgehead atoms. The summed E-state index contributed by atoms with van der Waals surface area (Å²) in [5.74, 6) is 2.90. The maximum Gasteiger partial charge on any atom is 0.122 e. The van der Waals surface area contributed by atoms with Gasteiger partial charge in [0.05, 0.1) is 7.11 Å². The van der Waals surface area contributed by atoms with E-state index in [4.69, 9.17) is 10.5 Å². The molecule has 2 heteroatoms. The van der Waals surface area contributed by atoms with Crippen molar-refractivity contribution >= 4 is 0 Å². The maximum absolute atomic E-state index is 6.07. The van der Waals surface area contributed by atoms with Gasteiger partial charge >= 0.3 is 0 Å². The molecule has 0 amide bonds. The van der Waals surface area contributed by atoms with E-state index in [-0.39, 0.29) is 0 Å². The fourth-order valence-corrected chi connectivity index (χ4v) is 3.83. The van der Waals surface area contributed by atoms with Crippen molar-refractivity contribution in [1.82, 2.24) is 0 Å². The Balaban J connectivity index is 2.35. The largest absolute Gasteiger partial charge is 0.496 e. The first kappa shape index (κ1) is 16.4. The second-order valence-corrected chi connectivity index (χ2v) is 7.72. The van der Waals surface area contributed by atoms with E-state index in [1.807, 2.05) is 0 Å². The lowest BCUT2D eigenvalue weighted by molar-refractivity contribution is 0.132. The number of nitrogens with two attached hydrogens (primary N) is 1. The zero-order valence-electron chi connectivity index (χ0n) is 14.3. The molecule has 3 unspecified atom stereocenters. The Kier molecular flexibility index (Phi) is 4.98. The minimum absolute atomic E-state index is 0.370. The van der Waals surface area contributed by atoms with Gasteiger partial charge in [-0.05, 0) is 67.5 Å². The van der Waals surface area contributed by atoms with E-state index in [1.165, 1.54) is 30.4 Å². The predicted molar refractivity (Wildman–Crippen MR) is 89.8 cm³/mol. The van der Waals surface area contributed by atoms with Crippen LogP contribution in [-0.4, -0.2) is 13.7 Å². The van der Waals surface area contributed by atoms with Crippen molar-refractivity contribution in [2.24, 2.45) is 23.0 Å². The van der Waals surface area contributed by atoms with E-state index in [2.05, 4.69) is 45.9 Å². The maximum atomic E-state index is 6.07. The average Bonchev–Trinajstić information content (AvgIpc) is 2.45. The lowest BCUT2D eigenvalue weighted by Crippen LogP contribution is -2.34. The highest BCUT2D eigenvalue weighted by atomic mass is 16.5. The summed E-state index contributed by atoms with van der Waals surface area (Å²) >= 11 is 0. The van der Waals surface area contributed by atoms with Gasteiger partial charge < -0.3 is 10.5 Å². The number of rotatable bonds is 3. The van der Waals surface area contributed by atoms with Crippen LogP contribution in [0.4, 0.5) is 0 Å². The molecule has 0 aromatic heterocycles. The highest BCUT2D eigenvalue weighted by molar-refractivity contribution is 5.40. The highest BCUT2D eigenvalue weighted by Crippen LogP contribution is 2.48. The van der Waals surface area contributed by atoms with Crippen LogP contribution in [0.3, 0.4) is 0 Å². The lowest BCUT2D eigenvalue weighted by atomic mass is 9.64. The smallest absolute Gasteiger partial charge is 0.122 e. The van der Waals surface area contributed by atoms with Gasteiger partial charge in [-0.1, -0.05) is 38.5 Å². The first-order valence-corrected chi connectivity index (χ1v) is 8.21. The van der Waals surface area contributed by atoms with Crippen molar-refractivity contribution in [2.75, 3.05) is 13.7 Å². The third-order valence-corrected chi connectivity index (χ3v) is 5.31. The van der Waals surface area contributed by atoms with Crippen LogP contribution in [-0.2, 0) is 0 Å². The molecule has 3 atom stereocenters. The first-order valence-electron chi connectivity index (χ1n) is 8.21. The Hall–Kier alpha value is -1.02. The molecular formula is C19H31NO. The highest BCUT2D eigenvalue weighted by Gasteiger charge is 2.37. The average molecular weight is 289 g/mol. The Labute approximate surface area is 130 Å². The summed E-state index contributed by atoms with van der Waals surface area (Å²) < 4.78 is 5.63. The number of hydrogen-bond donors (Lipinski definition) is 1. The van der Waals surface area contributed by atoms with Crippen molar-refractivity contribution in [3.8, 4) is 5.75 Å². The molecule has 0 aliphatic heterocycles. The summed E-state index contributed by atoms with van der Waals surface area (Å²) in [4.78, 5) is 0. The minimum Gasteiger partial charge on any atom is -0.496 e. The number of hydrogen-bond acceptors (Lipinski definition) is 2. The number of benzene rings is 1. The van der Waals surface area contributed by atoms with Crippen molar-refractivity contribution < 1.29 is 4.74 Å². The van der Waals surface area contributed by atoms with Crippen LogP contribution < -0.4 is 10.5 Å². The van der Waals surface area contributed by atoms with Crippen molar-refractivity contribution in [2.45, 2.75) is 52.9 Å². The summed E-state index contributed by atoms with van der Waals surface area (Å²) in [6.07, 6.45) is 3.77. The number of aryl methyl sites for hydroxylation is 1. The molecule has 118 valence electrons. The summed E-state index contributed by atoms with van der Waals surface area (Å²) in [6.45, 7) is 10.0. The minimum atomic E-state index is 0.370. The molecule has 0 spiro atoms. The van der Waals surface area contributed by atoms with E-state index < -0.39 is 0 Å². The van der Waals surface area contributed by atoms with Gasteiger partial charge in [0.1, 0.15) is 5.75 Å². The molecule has 1 aliphatic carbocycles. The van der Waals surface area contributed by atoms with Gasteiger partial charge in [-0.3, -0.25) is 0 Å². The normalized spacial score (nSPS) is 26.7. The second-order valence-electron chi connectivity index (χ2n) is 7.72. The molecule has 1 aliphatic rings. The molecule has 0 saturated heterocycles. The van der Waals surface area contributed by atoms with E-state index in [0.29, 0.717) is 17.3 Å². The molecule has 0 heterocycles. The quantitative estimate of drug-likeness (QED) is 0.888. The van der Waals surface area contributed by atoms with E-state index >= 15 is 0 Å². The van der Waals surface area contributed by atoms with Crippen molar-refractivity contribution in [1.29, 1.82) is 0 Å². The summed E-state index contributed by atoms with van der Waals surface area (Å²) in [6, 6.07) is 6.54. The molecule has 2 N–H and O–H groups in total. The van der Waals surface area contributed by atoms with Gasteiger partial charge in [0, 0.05) is 0 Å². The summed E-state index contributed by atoms with van der Waals surface area (Å²) in [5, 5.41) is 0. The Bertz CT molecular complexity index is 475. The number of ether oxygens (including phenoxy) is 1. The molecule has 21 heavy (non-hydrogen) atoms. The van der Waals surface area contributed by atoms with Crippen molar-refractivity contribution in [3.63, 3.8) is 0 Å². The predicted octanol–water partition coefficient (Wildman–Crippen LogP) is 4.51. The van der Waals surface area contributed by atoms with Crippen molar-refractivity contribution in [3.05, 3.63) is 29.3 Å². The standard InChI is InChI=1S/C19H31NO/c1-13-6-9-18(21-5)17(10-13)16-11-15(19(2,3)4)8-7-14(16)12-20/h6,9-10,14-16H,7-8,11-12,20H2,1-5H3. The molecule has 1 saturated carbocycles. The molecule has 1 fully saturated rings. The number of methoxy groups -OCH3 is 1. The third-order valence-electron chi connectivity index (χ3n) is 5.31. The topological polar surface area (TPSA) is 35.2 Å². The Morgan fingerprint density at radius 2 is 1.95 bits per heavy atom. The van der Waals surface area contributed by atoms with E-state index in [0.717, 1.165) is 18.2 Å². The first-order chi connectivity index (χ1) is 9.86. The Morgan fingerprint density at radius 1 is 1.24 bits per heavy atom. The monoisotopic (exact) mass is 289 g/mol. The lowest BCUT2D eigenvalue weighted by Gasteiger charge is -2.42. The van der Waals surface area contributed by atoms with E-state index in [9.17, 15) is 0 Å². The summed E-state index contributed by atoms with van der Waals surface area (Å²) in [5.41, 5.74) is 9.11. The van der Waals surface area contributed by atoms with Gasteiger partial charge in [0.2, 0.25) is 0 Å². The van der Waals surface area contributed by atoms with Gasteiger partial charge in [0.25, 0.3) is 0 Å². The molecular weight excluding hydrogens is 258 g/mol. The van der Waals surface area contributed by atoms with Crippen LogP contribution in [0, 0.1) is 24.2 Å². The van der Waals surface area contributed by atoms with Crippen LogP contribution in [0.1, 0.15) is 57.1 Å². The van der Waals surface area contributed by atoms with E-state index in [1.54, 1.807) is 7.11 Å². The molecule has 1 aromatic rings. The molecule has 1 aromatic carbocycles.